The van der Waals surface area contributed by atoms with Gasteiger partial charge < -0.3 is 14.7 Å². The molecule has 0 spiro atoms. The number of hydrogen-bond acceptors (Lipinski definition) is 6. The Hall–Kier alpha value is -4.21. The number of piperidine rings is 1. The number of carbonyl (C=O) groups excluding carboxylic acids is 3. The quantitative estimate of drug-likeness (QED) is 0.634. The molecular formula is C27H27N7O3. The lowest BCUT2D eigenvalue weighted by molar-refractivity contribution is -0.123. The van der Waals surface area contributed by atoms with Gasteiger partial charge in [-0.2, -0.15) is 5.10 Å². The van der Waals surface area contributed by atoms with Crippen LogP contribution in [0.1, 0.15) is 25.0 Å². The van der Waals surface area contributed by atoms with Crippen molar-refractivity contribution >= 4 is 29.1 Å². The van der Waals surface area contributed by atoms with Crippen LogP contribution < -0.4 is 5.32 Å². The van der Waals surface area contributed by atoms with E-state index in [0.29, 0.717) is 42.1 Å². The molecular weight excluding hydrogens is 470 g/mol. The molecule has 0 aromatic carbocycles. The third-order valence-electron chi connectivity index (χ3n) is 8.02. The normalized spacial score (nSPS) is 25.4. The van der Waals surface area contributed by atoms with Gasteiger partial charge in [-0.05, 0) is 42.5 Å². The average molecular weight is 498 g/mol. The standard InChI is InChI=1S/C27H27N7O3/c35-25-22(23(26(36)30-25)20-14-28-21-8-5-9-29-34(20)21)19-16-32-12-13-33(27(37)31-10-2-1-3-11-31)15-17-6-4-7-18(19)24(17)32/h4-9,14,16,18,24H,1-3,10-13,15H2,(H,30,35,36). The number of likely N-dealkylation sites (tertiary alicyclic amines) is 1. The first-order chi connectivity index (χ1) is 18.1. The van der Waals surface area contributed by atoms with Gasteiger partial charge in [0.05, 0.1) is 29.1 Å². The molecule has 2 aromatic rings. The SMILES string of the molecule is O=C1NC(=O)C(c2cnc3cccnn23)=C1C1=CN2CCN(C(=O)N3CCCCC3)CC3=CC=CC1C32. The van der Waals surface area contributed by atoms with Gasteiger partial charge in [0.15, 0.2) is 5.65 Å². The molecule has 188 valence electrons. The van der Waals surface area contributed by atoms with Crippen molar-refractivity contribution in [3.63, 3.8) is 0 Å². The molecule has 4 aliphatic heterocycles. The van der Waals surface area contributed by atoms with E-state index in [-0.39, 0.29) is 18.0 Å². The molecule has 2 fully saturated rings. The van der Waals surface area contributed by atoms with Crippen molar-refractivity contribution in [1.82, 2.24) is 34.6 Å². The van der Waals surface area contributed by atoms with E-state index in [9.17, 15) is 14.4 Å². The molecule has 37 heavy (non-hydrogen) atoms. The summed E-state index contributed by atoms with van der Waals surface area (Å²) < 4.78 is 1.59. The number of hydrogen-bond donors (Lipinski definition) is 1. The van der Waals surface area contributed by atoms with Crippen molar-refractivity contribution in [1.29, 1.82) is 0 Å². The molecule has 6 heterocycles. The van der Waals surface area contributed by atoms with Gasteiger partial charge in [-0.3, -0.25) is 14.9 Å². The van der Waals surface area contributed by atoms with Crippen molar-refractivity contribution in [3.05, 3.63) is 71.4 Å². The van der Waals surface area contributed by atoms with Gasteiger partial charge in [-0.25, -0.2) is 14.3 Å². The summed E-state index contributed by atoms with van der Waals surface area (Å²) in [5.41, 5.74) is 3.73. The minimum Gasteiger partial charge on any atom is -0.368 e. The number of carbonyl (C=O) groups is 3. The van der Waals surface area contributed by atoms with E-state index in [1.807, 2.05) is 28.1 Å². The monoisotopic (exact) mass is 497 g/mol. The van der Waals surface area contributed by atoms with Crippen LogP contribution >= 0.6 is 0 Å². The highest BCUT2D eigenvalue weighted by atomic mass is 16.2. The van der Waals surface area contributed by atoms with Crippen LogP contribution in [0.25, 0.3) is 11.2 Å². The van der Waals surface area contributed by atoms with Crippen LogP contribution in [0.4, 0.5) is 4.79 Å². The number of aromatic nitrogens is 3. The average Bonchev–Trinajstić information content (AvgIpc) is 3.55. The Bertz CT molecular complexity index is 1460. The number of urea groups is 1. The van der Waals surface area contributed by atoms with Crippen LogP contribution in [0.2, 0.25) is 0 Å². The van der Waals surface area contributed by atoms with E-state index < -0.39 is 11.8 Å². The highest BCUT2D eigenvalue weighted by Crippen LogP contribution is 2.44. The van der Waals surface area contributed by atoms with E-state index in [1.165, 1.54) is 6.42 Å². The van der Waals surface area contributed by atoms with E-state index >= 15 is 0 Å². The number of allylic oxidation sites excluding steroid dienone is 2. The second kappa shape index (κ2) is 8.43. The van der Waals surface area contributed by atoms with Crippen molar-refractivity contribution < 1.29 is 14.4 Å². The first-order valence-corrected chi connectivity index (χ1v) is 12.9. The number of imidazole rings is 1. The molecule has 2 aromatic heterocycles. The number of nitrogens with zero attached hydrogens (tertiary/aromatic N) is 6. The molecule has 1 aliphatic carbocycles. The number of imide groups is 1. The highest BCUT2D eigenvalue weighted by molar-refractivity contribution is 6.37. The molecule has 0 bridgehead atoms. The van der Waals surface area contributed by atoms with E-state index in [0.717, 1.165) is 37.1 Å². The Labute approximate surface area is 213 Å². The van der Waals surface area contributed by atoms with Crippen LogP contribution in [0.15, 0.2) is 65.7 Å². The van der Waals surface area contributed by atoms with Gasteiger partial charge in [0.1, 0.15) is 0 Å². The van der Waals surface area contributed by atoms with E-state index in [1.54, 1.807) is 23.0 Å². The Morgan fingerprint density at radius 3 is 2.70 bits per heavy atom. The van der Waals surface area contributed by atoms with Gasteiger partial charge in [0.2, 0.25) is 0 Å². The summed E-state index contributed by atoms with van der Waals surface area (Å²) in [6.45, 7) is 3.48. The maximum Gasteiger partial charge on any atom is 0.320 e. The summed E-state index contributed by atoms with van der Waals surface area (Å²) in [6.07, 6.45) is 14.7. The largest absolute Gasteiger partial charge is 0.368 e. The topological polar surface area (TPSA) is 103 Å². The molecule has 2 unspecified atom stereocenters. The van der Waals surface area contributed by atoms with Gasteiger partial charge >= 0.3 is 6.03 Å². The second-order valence-corrected chi connectivity index (χ2v) is 10.1. The molecule has 4 amide bonds. The summed E-state index contributed by atoms with van der Waals surface area (Å²) in [5, 5.41) is 6.85. The molecule has 7 rings (SSSR count). The van der Waals surface area contributed by atoms with Gasteiger partial charge in [-0.1, -0.05) is 18.2 Å². The summed E-state index contributed by atoms with van der Waals surface area (Å²) in [7, 11) is 0. The Morgan fingerprint density at radius 1 is 1.00 bits per heavy atom. The van der Waals surface area contributed by atoms with Crippen LogP contribution in [-0.4, -0.2) is 85.9 Å². The maximum atomic E-state index is 13.3. The zero-order valence-electron chi connectivity index (χ0n) is 20.3. The number of amides is 4. The zero-order valence-corrected chi connectivity index (χ0v) is 20.3. The maximum absolute atomic E-state index is 13.3. The Balaban J connectivity index is 1.26. The number of rotatable bonds is 2. The molecule has 0 saturated carbocycles. The van der Waals surface area contributed by atoms with Gasteiger partial charge in [0, 0.05) is 51.0 Å². The Morgan fingerprint density at radius 2 is 1.84 bits per heavy atom. The minimum absolute atomic E-state index is 0.0108. The third kappa shape index (κ3) is 3.42. The number of nitrogens with one attached hydrogen (secondary N) is 1. The molecule has 5 aliphatic rings. The van der Waals surface area contributed by atoms with E-state index in [4.69, 9.17) is 0 Å². The summed E-state index contributed by atoms with van der Waals surface area (Å²) in [4.78, 5) is 50.0. The predicted octanol–water partition coefficient (Wildman–Crippen LogP) is 1.74. The van der Waals surface area contributed by atoms with Crippen LogP contribution in [0.3, 0.4) is 0 Å². The van der Waals surface area contributed by atoms with Gasteiger partial charge in [0.25, 0.3) is 11.8 Å². The minimum atomic E-state index is -0.440. The van der Waals surface area contributed by atoms with Crippen LogP contribution in [-0.2, 0) is 9.59 Å². The second-order valence-electron chi connectivity index (χ2n) is 10.1. The van der Waals surface area contributed by atoms with Crippen molar-refractivity contribution in [2.24, 2.45) is 5.92 Å². The fraction of sp³-hybridized carbons (Fsp3) is 0.370. The predicted molar refractivity (Wildman–Crippen MR) is 135 cm³/mol. The fourth-order valence-corrected chi connectivity index (χ4v) is 6.31. The summed E-state index contributed by atoms with van der Waals surface area (Å²) >= 11 is 0. The summed E-state index contributed by atoms with van der Waals surface area (Å²) in [5.74, 6) is -0.940. The van der Waals surface area contributed by atoms with Gasteiger partial charge in [-0.15, -0.1) is 0 Å². The third-order valence-corrected chi connectivity index (χ3v) is 8.02. The smallest absolute Gasteiger partial charge is 0.320 e. The molecule has 0 radical (unpaired) electrons. The molecule has 10 heteroatoms. The van der Waals surface area contributed by atoms with Crippen LogP contribution in [0, 0.1) is 5.92 Å². The van der Waals surface area contributed by atoms with E-state index in [2.05, 4.69) is 32.5 Å². The van der Waals surface area contributed by atoms with Crippen LogP contribution in [0.5, 0.6) is 0 Å². The molecule has 2 atom stereocenters. The lowest BCUT2D eigenvalue weighted by Gasteiger charge is -2.33. The lowest BCUT2D eigenvalue weighted by Crippen LogP contribution is -2.46. The molecule has 1 N–H and O–H groups in total. The molecule has 2 saturated heterocycles. The first-order valence-electron chi connectivity index (χ1n) is 12.9. The Kier molecular flexibility index (Phi) is 5.02. The zero-order chi connectivity index (χ0) is 25.1. The fourth-order valence-electron chi connectivity index (χ4n) is 6.31. The first kappa shape index (κ1) is 22.0. The molecule has 10 nitrogen and oxygen atoms in total. The van der Waals surface area contributed by atoms with Crippen molar-refractivity contribution in [3.8, 4) is 0 Å². The van der Waals surface area contributed by atoms with Crippen molar-refractivity contribution in [2.75, 3.05) is 32.7 Å². The lowest BCUT2D eigenvalue weighted by atomic mass is 9.82. The van der Waals surface area contributed by atoms with Crippen molar-refractivity contribution in [2.45, 2.75) is 25.3 Å². The summed E-state index contributed by atoms with van der Waals surface area (Å²) in [6, 6.07) is 3.71. The number of fused-ring (bicyclic) bond motifs is 1. The highest BCUT2D eigenvalue weighted by Gasteiger charge is 2.46.